The number of benzene rings is 1. The van der Waals surface area contributed by atoms with E-state index in [2.05, 4.69) is 25.9 Å². The van der Waals surface area contributed by atoms with Crippen LogP contribution in [0.1, 0.15) is 18.4 Å². The lowest BCUT2D eigenvalue weighted by molar-refractivity contribution is -0.110. The molecule has 0 aliphatic carbocycles. The lowest BCUT2D eigenvalue weighted by Crippen LogP contribution is -2.39. The molecule has 0 radical (unpaired) electrons. The average Bonchev–Trinajstić information content (AvgIpc) is 2.79. The molecule has 0 unspecified atom stereocenters. The molecule has 1 atom stereocenters. The third-order valence-corrected chi connectivity index (χ3v) is 5.47. The highest BCUT2D eigenvalue weighted by Crippen LogP contribution is 2.34. The zero-order chi connectivity index (χ0) is 21.8. The first-order valence-electron chi connectivity index (χ1n) is 10.2. The number of rotatable bonds is 5. The van der Waals surface area contributed by atoms with Gasteiger partial charge in [-0.3, -0.25) is 9.79 Å². The lowest BCUT2D eigenvalue weighted by Gasteiger charge is -2.27. The van der Waals surface area contributed by atoms with Gasteiger partial charge in [-0.2, -0.15) is 0 Å². The third-order valence-electron chi connectivity index (χ3n) is 5.18. The number of pyridine rings is 1. The number of fused-ring (bicyclic) bond motifs is 1. The van der Waals surface area contributed by atoms with Crippen LogP contribution in [0.2, 0.25) is 5.02 Å². The number of piperidine rings is 1. The molecular formula is C21H25ClN6O3. The fourth-order valence-corrected chi connectivity index (χ4v) is 3.90. The van der Waals surface area contributed by atoms with E-state index in [1.165, 1.54) is 13.2 Å². The standard InChI is InChI=1S/C21H25ClN6O3/c1-24-19(21(29)28-12-4-5-15-16(9-12)31-8-7-30-15)17-18(14(22)11-26-20(17)23)27-13-3-2-6-25-10-13/h4-5,9,11,13,25H,2-3,6-8,10H2,1H3,(H,28,29)(H3,23,26,27)/b24-19+/t13-/m1/s1. The molecule has 10 heteroatoms. The summed E-state index contributed by atoms with van der Waals surface area (Å²) in [5.41, 5.74) is 7.80. The van der Waals surface area contributed by atoms with Gasteiger partial charge in [-0.1, -0.05) is 11.6 Å². The first-order chi connectivity index (χ1) is 15.1. The largest absolute Gasteiger partial charge is 0.486 e. The van der Waals surface area contributed by atoms with Gasteiger partial charge < -0.3 is 31.2 Å². The van der Waals surface area contributed by atoms with Crippen molar-refractivity contribution < 1.29 is 14.3 Å². The molecule has 0 bridgehead atoms. The Balaban J connectivity index is 1.61. The van der Waals surface area contributed by atoms with Crippen LogP contribution >= 0.6 is 11.6 Å². The van der Waals surface area contributed by atoms with E-state index in [0.29, 0.717) is 46.7 Å². The summed E-state index contributed by atoms with van der Waals surface area (Å²) in [7, 11) is 1.53. The van der Waals surface area contributed by atoms with E-state index in [1.807, 2.05) is 0 Å². The van der Waals surface area contributed by atoms with Crippen LogP contribution in [0.4, 0.5) is 17.2 Å². The van der Waals surface area contributed by atoms with E-state index in [1.54, 1.807) is 18.2 Å². The fourth-order valence-electron chi connectivity index (χ4n) is 3.70. The summed E-state index contributed by atoms with van der Waals surface area (Å²) in [6.07, 6.45) is 3.50. The molecule has 1 fully saturated rings. The summed E-state index contributed by atoms with van der Waals surface area (Å²) < 4.78 is 11.1. The number of amides is 1. The van der Waals surface area contributed by atoms with Crippen molar-refractivity contribution in [3.05, 3.63) is 35.0 Å². The van der Waals surface area contributed by atoms with E-state index < -0.39 is 5.91 Å². The second-order valence-corrected chi connectivity index (χ2v) is 7.72. The Bertz CT molecular complexity index is 1010. The fraction of sp³-hybridized carbons (Fsp3) is 0.381. The van der Waals surface area contributed by atoms with Crippen molar-refractivity contribution in [1.29, 1.82) is 0 Å². The molecule has 4 rings (SSSR count). The van der Waals surface area contributed by atoms with Crippen LogP contribution in [0.5, 0.6) is 11.5 Å². The van der Waals surface area contributed by atoms with Gasteiger partial charge in [0, 0.05) is 31.4 Å². The van der Waals surface area contributed by atoms with Gasteiger partial charge in [0.15, 0.2) is 11.5 Å². The number of halogens is 1. The zero-order valence-corrected chi connectivity index (χ0v) is 18.0. The highest BCUT2D eigenvalue weighted by atomic mass is 35.5. The van der Waals surface area contributed by atoms with Crippen molar-refractivity contribution in [3.63, 3.8) is 0 Å². The Labute approximate surface area is 185 Å². The van der Waals surface area contributed by atoms with Gasteiger partial charge >= 0.3 is 0 Å². The molecular weight excluding hydrogens is 420 g/mol. The van der Waals surface area contributed by atoms with Crippen molar-refractivity contribution in [1.82, 2.24) is 10.3 Å². The summed E-state index contributed by atoms with van der Waals surface area (Å²) in [6.45, 7) is 2.73. The van der Waals surface area contributed by atoms with E-state index in [9.17, 15) is 4.79 Å². The monoisotopic (exact) mass is 444 g/mol. The van der Waals surface area contributed by atoms with Crippen molar-refractivity contribution in [2.45, 2.75) is 18.9 Å². The second-order valence-electron chi connectivity index (χ2n) is 7.31. The predicted octanol–water partition coefficient (Wildman–Crippen LogP) is 2.31. The molecule has 1 saturated heterocycles. The van der Waals surface area contributed by atoms with Crippen LogP contribution < -0.4 is 31.2 Å². The molecule has 2 aliphatic rings. The minimum atomic E-state index is -0.431. The van der Waals surface area contributed by atoms with Gasteiger partial charge in [0.25, 0.3) is 5.91 Å². The molecule has 0 saturated carbocycles. The molecule has 3 heterocycles. The van der Waals surface area contributed by atoms with E-state index in [-0.39, 0.29) is 17.6 Å². The van der Waals surface area contributed by atoms with Gasteiger partial charge in [-0.05, 0) is 31.5 Å². The summed E-state index contributed by atoms with van der Waals surface area (Å²) in [6, 6.07) is 5.37. The number of hydrogen-bond acceptors (Lipinski definition) is 8. The number of hydrogen-bond donors (Lipinski definition) is 4. The average molecular weight is 445 g/mol. The van der Waals surface area contributed by atoms with E-state index >= 15 is 0 Å². The quantitative estimate of drug-likeness (QED) is 0.522. The molecule has 1 amide bonds. The molecule has 0 spiro atoms. The lowest BCUT2D eigenvalue weighted by atomic mass is 10.0. The van der Waals surface area contributed by atoms with Gasteiger partial charge in [-0.25, -0.2) is 4.98 Å². The second kappa shape index (κ2) is 9.40. The number of nitrogens with zero attached hydrogens (tertiary/aromatic N) is 2. The summed E-state index contributed by atoms with van der Waals surface area (Å²) >= 11 is 6.45. The van der Waals surface area contributed by atoms with E-state index in [4.69, 9.17) is 26.8 Å². The molecule has 2 aromatic rings. The van der Waals surface area contributed by atoms with Gasteiger partial charge in [0.2, 0.25) is 0 Å². The number of carbonyl (C=O) groups excluding carboxylic acids is 1. The predicted molar refractivity (Wildman–Crippen MR) is 122 cm³/mol. The number of nitrogen functional groups attached to an aromatic ring is 1. The maximum Gasteiger partial charge on any atom is 0.274 e. The maximum atomic E-state index is 13.1. The van der Waals surface area contributed by atoms with Crippen LogP contribution in [-0.2, 0) is 4.79 Å². The normalized spacial score (nSPS) is 18.4. The van der Waals surface area contributed by atoms with Crippen molar-refractivity contribution in [2.75, 3.05) is 49.7 Å². The van der Waals surface area contributed by atoms with Crippen LogP contribution in [-0.4, -0.2) is 56.0 Å². The zero-order valence-electron chi connectivity index (χ0n) is 17.2. The molecule has 1 aromatic heterocycles. The first kappa shape index (κ1) is 21.2. The molecule has 164 valence electrons. The summed E-state index contributed by atoms with van der Waals surface area (Å²) in [5, 5.41) is 9.99. The first-order valence-corrected chi connectivity index (χ1v) is 10.5. The number of carbonyl (C=O) groups is 1. The number of anilines is 3. The Morgan fingerprint density at radius 1 is 1.32 bits per heavy atom. The number of aliphatic imine (C=N–C) groups is 1. The number of nitrogens with two attached hydrogens (primary N) is 1. The minimum Gasteiger partial charge on any atom is -0.486 e. The van der Waals surface area contributed by atoms with Crippen LogP contribution in [0.15, 0.2) is 29.4 Å². The van der Waals surface area contributed by atoms with Crippen molar-refractivity contribution >= 4 is 40.4 Å². The van der Waals surface area contributed by atoms with Crippen LogP contribution in [0.25, 0.3) is 0 Å². The molecule has 1 aromatic carbocycles. The molecule has 5 N–H and O–H groups in total. The smallest absolute Gasteiger partial charge is 0.274 e. The Morgan fingerprint density at radius 2 is 2.13 bits per heavy atom. The maximum absolute atomic E-state index is 13.1. The van der Waals surface area contributed by atoms with Gasteiger partial charge in [0.1, 0.15) is 24.7 Å². The summed E-state index contributed by atoms with van der Waals surface area (Å²) in [5.74, 6) is 0.966. The van der Waals surface area contributed by atoms with Crippen LogP contribution in [0, 0.1) is 0 Å². The van der Waals surface area contributed by atoms with Crippen molar-refractivity contribution in [2.24, 2.45) is 4.99 Å². The third kappa shape index (κ3) is 4.67. The number of ether oxygens (including phenoxy) is 2. The summed E-state index contributed by atoms with van der Waals surface area (Å²) in [4.78, 5) is 21.5. The number of nitrogens with one attached hydrogen (secondary N) is 3. The molecule has 2 aliphatic heterocycles. The number of aromatic nitrogens is 1. The highest BCUT2D eigenvalue weighted by molar-refractivity contribution is 6.51. The SMILES string of the molecule is C/N=C(/C(=O)Nc1ccc2c(c1)OCCO2)c1c(N)ncc(Cl)c1N[C@@H]1CCCNC1. The van der Waals surface area contributed by atoms with Crippen LogP contribution in [0.3, 0.4) is 0 Å². The Hall–Kier alpha value is -3.04. The Kier molecular flexibility index (Phi) is 6.43. The van der Waals surface area contributed by atoms with Gasteiger partial charge in [-0.15, -0.1) is 0 Å². The minimum absolute atomic E-state index is 0.133. The van der Waals surface area contributed by atoms with Gasteiger partial charge in [0.05, 0.1) is 22.5 Å². The topological polar surface area (TPSA) is 123 Å². The Morgan fingerprint density at radius 3 is 2.87 bits per heavy atom. The molecule has 31 heavy (non-hydrogen) atoms. The van der Waals surface area contributed by atoms with E-state index in [0.717, 1.165) is 25.9 Å². The molecule has 9 nitrogen and oxygen atoms in total. The van der Waals surface area contributed by atoms with Crippen molar-refractivity contribution in [3.8, 4) is 11.5 Å². The highest BCUT2D eigenvalue weighted by Gasteiger charge is 2.25.